The van der Waals surface area contributed by atoms with E-state index in [1.807, 2.05) is 0 Å². The average molecular weight is 297 g/mol. The predicted octanol–water partition coefficient (Wildman–Crippen LogP) is 2.53. The molecule has 5 N–H and O–H groups in total. The Balaban J connectivity index is 2.33. The highest BCUT2D eigenvalue weighted by Gasteiger charge is 2.14. The molecule has 112 valence electrons. The zero-order valence-electron chi connectivity index (χ0n) is 11.9. The maximum atomic E-state index is 12.2. The van der Waals surface area contributed by atoms with Gasteiger partial charge in [0.05, 0.1) is 11.3 Å². The summed E-state index contributed by atoms with van der Waals surface area (Å²) in [5.41, 5.74) is 8.00. The number of anilines is 2. The van der Waals surface area contributed by atoms with Crippen molar-refractivity contribution in [1.82, 2.24) is 0 Å². The van der Waals surface area contributed by atoms with Crippen molar-refractivity contribution in [1.29, 1.82) is 5.41 Å². The van der Waals surface area contributed by atoms with Crippen LogP contribution in [0.5, 0.6) is 0 Å². The number of benzene rings is 2. The molecule has 2 aromatic rings. The van der Waals surface area contributed by atoms with Gasteiger partial charge in [0.15, 0.2) is 0 Å². The molecule has 2 aromatic carbocycles. The van der Waals surface area contributed by atoms with Gasteiger partial charge in [-0.2, -0.15) is 0 Å². The van der Waals surface area contributed by atoms with Crippen molar-refractivity contribution < 1.29 is 14.7 Å². The number of aryl methyl sites for hydroxylation is 1. The molecule has 0 fully saturated rings. The zero-order valence-corrected chi connectivity index (χ0v) is 11.9. The molecule has 0 saturated heterocycles. The van der Waals surface area contributed by atoms with E-state index in [-0.39, 0.29) is 11.3 Å². The second-order valence-electron chi connectivity index (χ2n) is 4.78. The summed E-state index contributed by atoms with van der Waals surface area (Å²) in [6, 6.07) is 9.19. The Labute approximate surface area is 127 Å². The molecule has 0 heterocycles. The first-order valence-electron chi connectivity index (χ1n) is 6.47. The smallest absolute Gasteiger partial charge is 0.337 e. The van der Waals surface area contributed by atoms with Crippen molar-refractivity contribution in [2.75, 3.05) is 11.1 Å². The quantitative estimate of drug-likeness (QED) is 0.512. The molecule has 0 radical (unpaired) electrons. The van der Waals surface area contributed by atoms with E-state index < -0.39 is 11.9 Å². The summed E-state index contributed by atoms with van der Waals surface area (Å²) in [7, 11) is 0. The Kier molecular flexibility index (Phi) is 4.22. The highest BCUT2D eigenvalue weighted by Crippen LogP contribution is 2.19. The Morgan fingerprint density at radius 2 is 1.95 bits per heavy atom. The minimum atomic E-state index is -1.17. The predicted molar refractivity (Wildman–Crippen MR) is 84.8 cm³/mol. The van der Waals surface area contributed by atoms with E-state index >= 15 is 0 Å². The van der Waals surface area contributed by atoms with Gasteiger partial charge in [-0.05, 0) is 48.4 Å². The first-order valence-corrected chi connectivity index (χ1v) is 6.47. The maximum Gasteiger partial charge on any atom is 0.337 e. The molecule has 0 aliphatic carbocycles. The SMILES string of the molecule is Cc1cc(C(=O)Nc2ccc(C=N)cc2C(=O)O)ccc1N. The van der Waals surface area contributed by atoms with Crippen molar-refractivity contribution in [3.63, 3.8) is 0 Å². The lowest BCUT2D eigenvalue weighted by atomic mass is 10.1. The van der Waals surface area contributed by atoms with Crippen LogP contribution in [0.1, 0.15) is 31.8 Å². The number of rotatable bonds is 4. The molecular formula is C16H15N3O3. The molecule has 0 aromatic heterocycles. The fourth-order valence-electron chi connectivity index (χ4n) is 1.95. The number of hydrogen-bond donors (Lipinski definition) is 4. The van der Waals surface area contributed by atoms with Crippen molar-refractivity contribution in [3.8, 4) is 0 Å². The number of nitrogens with one attached hydrogen (secondary N) is 2. The summed E-state index contributed by atoms with van der Waals surface area (Å²) in [4.78, 5) is 23.5. The summed E-state index contributed by atoms with van der Waals surface area (Å²) >= 11 is 0. The number of hydrogen-bond acceptors (Lipinski definition) is 4. The first kappa shape index (κ1) is 15.2. The lowest BCUT2D eigenvalue weighted by Gasteiger charge is -2.10. The summed E-state index contributed by atoms with van der Waals surface area (Å²) in [5, 5.41) is 18.9. The third-order valence-corrected chi connectivity index (χ3v) is 3.22. The Morgan fingerprint density at radius 3 is 2.55 bits per heavy atom. The molecule has 0 bridgehead atoms. The van der Waals surface area contributed by atoms with Crippen LogP contribution in [0.15, 0.2) is 36.4 Å². The van der Waals surface area contributed by atoms with Gasteiger partial charge in [0.1, 0.15) is 0 Å². The van der Waals surface area contributed by atoms with E-state index in [0.29, 0.717) is 16.8 Å². The lowest BCUT2D eigenvalue weighted by Crippen LogP contribution is -2.15. The van der Waals surface area contributed by atoms with Crippen molar-refractivity contribution in [2.45, 2.75) is 6.92 Å². The van der Waals surface area contributed by atoms with Crippen LogP contribution >= 0.6 is 0 Å². The molecule has 0 saturated carbocycles. The standard InChI is InChI=1S/C16H15N3O3/c1-9-6-11(3-4-13(9)18)15(20)19-14-5-2-10(8-17)7-12(14)16(21)22/h2-8,17H,18H2,1H3,(H,19,20)(H,21,22). The van der Waals surface area contributed by atoms with Gasteiger partial charge in [-0.3, -0.25) is 4.79 Å². The molecule has 0 unspecified atom stereocenters. The van der Waals surface area contributed by atoms with Crippen LogP contribution < -0.4 is 11.1 Å². The van der Waals surface area contributed by atoms with Gasteiger partial charge < -0.3 is 21.6 Å². The minimum absolute atomic E-state index is 0.0680. The zero-order chi connectivity index (χ0) is 16.3. The fraction of sp³-hybridized carbons (Fsp3) is 0.0625. The van der Waals surface area contributed by atoms with Crippen LogP contribution in [-0.4, -0.2) is 23.2 Å². The number of amides is 1. The topological polar surface area (TPSA) is 116 Å². The van der Waals surface area contributed by atoms with E-state index in [2.05, 4.69) is 5.32 Å². The number of aromatic carboxylic acids is 1. The minimum Gasteiger partial charge on any atom is -0.478 e. The summed E-state index contributed by atoms with van der Waals surface area (Å²) < 4.78 is 0. The number of carboxylic acids is 1. The molecule has 6 nitrogen and oxygen atoms in total. The Hall–Kier alpha value is -3.15. The molecule has 0 atom stereocenters. The first-order chi connectivity index (χ1) is 10.4. The van der Waals surface area contributed by atoms with Gasteiger partial charge in [0, 0.05) is 17.5 Å². The average Bonchev–Trinajstić information content (AvgIpc) is 2.50. The third-order valence-electron chi connectivity index (χ3n) is 3.22. The second-order valence-corrected chi connectivity index (χ2v) is 4.78. The molecule has 2 rings (SSSR count). The molecular weight excluding hydrogens is 282 g/mol. The van der Waals surface area contributed by atoms with Crippen LogP contribution in [-0.2, 0) is 0 Å². The number of carboxylic acid groups (broad SMARTS) is 1. The van der Waals surface area contributed by atoms with Gasteiger partial charge in [0.2, 0.25) is 0 Å². The van der Waals surface area contributed by atoms with E-state index in [9.17, 15) is 14.7 Å². The van der Waals surface area contributed by atoms with Crippen LogP contribution in [0.2, 0.25) is 0 Å². The number of nitrogen functional groups attached to an aromatic ring is 1. The van der Waals surface area contributed by atoms with Crippen molar-refractivity contribution in [2.24, 2.45) is 0 Å². The van der Waals surface area contributed by atoms with Gasteiger partial charge in [-0.1, -0.05) is 6.07 Å². The highest BCUT2D eigenvalue weighted by atomic mass is 16.4. The molecule has 22 heavy (non-hydrogen) atoms. The largest absolute Gasteiger partial charge is 0.478 e. The van der Waals surface area contributed by atoms with Gasteiger partial charge in [0.25, 0.3) is 5.91 Å². The van der Waals surface area contributed by atoms with Crippen molar-refractivity contribution >= 4 is 29.5 Å². The van der Waals surface area contributed by atoms with E-state index in [1.54, 1.807) is 31.2 Å². The normalized spacial score (nSPS) is 10.0. The van der Waals surface area contributed by atoms with E-state index in [4.69, 9.17) is 11.1 Å². The third kappa shape index (κ3) is 3.12. The van der Waals surface area contributed by atoms with Gasteiger partial charge in [-0.25, -0.2) is 4.79 Å². The van der Waals surface area contributed by atoms with Crippen LogP contribution in [0.3, 0.4) is 0 Å². The van der Waals surface area contributed by atoms with Gasteiger partial charge in [-0.15, -0.1) is 0 Å². The summed E-state index contributed by atoms with van der Waals surface area (Å²) in [6.07, 6.45) is 1.04. The number of nitrogens with two attached hydrogens (primary N) is 1. The maximum absolute atomic E-state index is 12.2. The van der Waals surface area contributed by atoms with Crippen LogP contribution in [0.4, 0.5) is 11.4 Å². The lowest BCUT2D eigenvalue weighted by molar-refractivity contribution is 0.0698. The molecule has 6 heteroatoms. The van der Waals surface area contributed by atoms with Crippen LogP contribution in [0.25, 0.3) is 0 Å². The fourth-order valence-corrected chi connectivity index (χ4v) is 1.95. The molecule has 0 aliphatic rings. The van der Waals surface area contributed by atoms with Crippen molar-refractivity contribution in [3.05, 3.63) is 58.7 Å². The highest BCUT2D eigenvalue weighted by molar-refractivity contribution is 6.08. The summed E-state index contributed by atoms with van der Waals surface area (Å²) in [6.45, 7) is 1.79. The molecule has 1 amide bonds. The van der Waals surface area contributed by atoms with E-state index in [1.165, 1.54) is 12.1 Å². The monoisotopic (exact) mass is 297 g/mol. The Bertz CT molecular complexity index is 769. The van der Waals surface area contributed by atoms with Gasteiger partial charge >= 0.3 is 5.97 Å². The summed E-state index contributed by atoms with van der Waals surface area (Å²) in [5.74, 6) is -1.60. The number of carbonyl (C=O) groups is 2. The van der Waals surface area contributed by atoms with E-state index in [0.717, 1.165) is 11.8 Å². The van der Waals surface area contributed by atoms with Crippen LogP contribution in [0, 0.1) is 12.3 Å². The number of carbonyl (C=O) groups excluding carboxylic acids is 1. The molecule has 0 aliphatic heterocycles. The second kappa shape index (κ2) is 6.09. The Morgan fingerprint density at radius 1 is 1.23 bits per heavy atom. The molecule has 0 spiro atoms.